The van der Waals surface area contributed by atoms with Crippen LogP contribution >= 0.6 is 0 Å². The molecule has 3 aliphatic rings. The molecule has 4 atom stereocenters. The highest BCUT2D eigenvalue weighted by molar-refractivity contribution is 6.15. The Morgan fingerprint density at radius 2 is 1.91 bits per heavy atom. The number of carbonyl (C=O) groups excluding carboxylic acids is 3. The molecule has 0 unspecified atom stereocenters. The maximum atomic E-state index is 14.3. The summed E-state index contributed by atoms with van der Waals surface area (Å²) in [7, 11) is 0. The number of likely N-dealkylation sites (tertiary alicyclic amines) is 1. The van der Waals surface area contributed by atoms with Crippen LogP contribution in [0.2, 0.25) is 0 Å². The first-order valence-corrected chi connectivity index (χ1v) is 11.7. The molecule has 0 radical (unpaired) electrons. The van der Waals surface area contributed by atoms with E-state index in [-0.39, 0.29) is 11.8 Å². The van der Waals surface area contributed by atoms with Crippen molar-refractivity contribution in [1.29, 1.82) is 0 Å². The van der Waals surface area contributed by atoms with E-state index in [0.29, 0.717) is 30.6 Å². The number of amides is 3. The number of carbonyl (C=O) groups is 3. The molecule has 3 aliphatic heterocycles. The van der Waals surface area contributed by atoms with E-state index < -0.39 is 35.1 Å². The average Bonchev–Trinajstić information content (AvgIpc) is 3.53. The average molecular weight is 461 g/mol. The molecule has 6 rings (SSSR count). The van der Waals surface area contributed by atoms with Crippen molar-refractivity contribution in [3.63, 3.8) is 0 Å². The number of unbranched alkanes of at least 4 members (excludes halogenated alkanes) is 1. The van der Waals surface area contributed by atoms with Gasteiger partial charge in [-0.3, -0.25) is 24.6 Å². The second kappa shape index (κ2) is 7.50. The molecule has 2 aromatic carbocycles. The summed E-state index contributed by atoms with van der Waals surface area (Å²) < 4.78 is 14.3. The number of hydrogen-bond donors (Lipinski definition) is 3. The van der Waals surface area contributed by atoms with Gasteiger partial charge in [-0.1, -0.05) is 31.5 Å². The Kier molecular flexibility index (Phi) is 4.64. The lowest BCUT2D eigenvalue weighted by Crippen LogP contribution is -2.53. The number of H-pyrrole nitrogens is 1. The van der Waals surface area contributed by atoms with Gasteiger partial charge in [-0.2, -0.15) is 0 Å². The summed E-state index contributed by atoms with van der Waals surface area (Å²) in [6.07, 6.45) is 3.89. The van der Waals surface area contributed by atoms with Crippen molar-refractivity contribution in [2.45, 2.75) is 37.8 Å². The van der Waals surface area contributed by atoms with E-state index in [1.54, 1.807) is 0 Å². The molecular weight excluding hydrogens is 435 g/mol. The highest BCUT2D eigenvalue weighted by Crippen LogP contribution is 2.53. The van der Waals surface area contributed by atoms with Crippen LogP contribution in [0.15, 0.2) is 48.7 Å². The van der Waals surface area contributed by atoms with Crippen molar-refractivity contribution in [2.24, 2.45) is 11.8 Å². The van der Waals surface area contributed by atoms with Gasteiger partial charge in [-0.05, 0) is 42.7 Å². The number of benzene rings is 2. The van der Waals surface area contributed by atoms with Gasteiger partial charge in [0.2, 0.25) is 17.7 Å². The van der Waals surface area contributed by atoms with Crippen molar-refractivity contribution in [1.82, 2.24) is 15.2 Å². The summed E-state index contributed by atoms with van der Waals surface area (Å²) in [5.41, 5.74) is 1.36. The first kappa shape index (κ1) is 21.0. The number of rotatable bonds is 5. The minimum atomic E-state index is -1.48. The number of aromatic amines is 1. The number of anilines is 1. The van der Waals surface area contributed by atoms with Gasteiger partial charge >= 0.3 is 0 Å². The Hall–Kier alpha value is -3.52. The zero-order chi connectivity index (χ0) is 23.6. The molecule has 3 amide bonds. The maximum Gasteiger partial charge on any atom is 0.250 e. The van der Waals surface area contributed by atoms with Gasteiger partial charge in [0, 0.05) is 40.9 Å². The van der Waals surface area contributed by atoms with Gasteiger partial charge in [0.25, 0.3) is 0 Å². The fourth-order valence-corrected chi connectivity index (χ4v) is 6.08. The van der Waals surface area contributed by atoms with Crippen molar-refractivity contribution >= 4 is 34.3 Å². The number of halogens is 1. The van der Waals surface area contributed by atoms with Crippen molar-refractivity contribution in [2.75, 3.05) is 11.9 Å². The van der Waals surface area contributed by atoms with Crippen LogP contribution in [0.5, 0.6) is 0 Å². The second-order valence-corrected chi connectivity index (χ2v) is 9.45. The number of fused-ring (bicyclic) bond motifs is 5. The van der Waals surface area contributed by atoms with Crippen molar-refractivity contribution in [3.8, 4) is 0 Å². The van der Waals surface area contributed by atoms with Gasteiger partial charge in [0.15, 0.2) is 0 Å². The minimum absolute atomic E-state index is 0.254. The predicted molar refractivity (Wildman–Crippen MR) is 124 cm³/mol. The lowest BCUT2D eigenvalue weighted by molar-refractivity contribution is -0.142. The number of nitrogens with zero attached hydrogens (tertiary/aromatic N) is 1. The van der Waals surface area contributed by atoms with Crippen LogP contribution in [0.25, 0.3) is 10.9 Å². The topological polar surface area (TPSA) is 94.3 Å². The zero-order valence-electron chi connectivity index (χ0n) is 18.7. The first-order valence-electron chi connectivity index (χ1n) is 11.7. The van der Waals surface area contributed by atoms with Crippen LogP contribution in [0.3, 0.4) is 0 Å². The smallest absolute Gasteiger partial charge is 0.250 e. The predicted octanol–water partition coefficient (Wildman–Crippen LogP) is 3.07. The van der Waals surface area contributed by atoms with E-state index in [2.05, 4.69) is 15.6 Å². The Balaban J connectivity index is 1.47. The summed E-state index contributed by atoms with van der Waals surface area (Å²) in [4.78, 5) is 45.3. The molecule has 174 valence electrons. The molecule has 3 N–H and O–H groups in total. The third-order valence-electron chi connectivity index (χ3n) is 7.62. The van der Waals surface area contributed by atoms with Crippen LogP contribution in [-0.2, 0) is 26.3 Å². The molecule has 0 saturated carbocycles. The summed E-state index contributed by atoms with van der Waals surface area (Å²) in [5.74, 6) is -3.15. The van der Waals surface area contributed by atoms with E-state index in [1.165, 1.54) is 23.1 Å². The molecule has 1 aromatic heterocycles. The van der Waals surface area contributed by atoms with Crippen LogP contribution in [-0.4, -0.2) is 40.2 Å². The zero-order valence-corrected chi connectivity index (χ0v) is 18.7. The molecule has 2 saturated heterocycles. The monoisotopic (exact) mass is 460 g/mol. The van der Waals surface area contributed by atoms with E-state index in [4.69, 9.17) is 0 Å². The number of nitrogens with one attached hydrogen (secondary N) is 3. The Bertz CT molecular complexity index is 1350. The Labute approximate surface area is 195 Å². The molecule has 3 aromatic rings. The Morgan fingerprint density at radius 3 is 2.74 bits per heavy atom. The van der Waals surface area contributed by atoms with Crippen LogP contribution in [0, 0.1) is 17.7 Å². The van der Waals surface area contributed by atoms with Crippen LogP contribution in [0.1, 0.15) is 30.9 Å². The second-order valence-electron chi connectivity index (χ2n) is 9.45. The summed E-state index contributed by atoms with van der Waals surface area (Å²) >= 11 is 0. The molecule has 2 fully saturated rings. The van der Waals surface area contributed by atoms with Gasteiger partial charge in [0.1, 0.15) is 11.4 Å². The SMILES string of the molecule is CCCCN1C(=O)[C@@H]2[C@H](Cc3c[nH]c4ccccc34)N[C@]3(C(=O)Nc4ccc(F)cc43)[C@@H]2C1=O. The molecule has 1 spiro atoms. The third kappa shape index (κ3) is 2.75. The van der Waals surface area contributed by atoms with Gasteiger partial charge < -0.3 is 10.3 Å². The lowest BCUT2D eigenvalue weighted by atomic mass is 9.76. The number of imide groups is 1. The van der Waals surface area contributed by atoms with E-state index >= 15 is 0 Å². The van der Waals surface area contributed by atoms with E-state index in [0.717, 1.165) is 22.9 Å². The standard InChI is InChI=1S/C26H25FN4O3/c1-2-3-10-31-23(32)21-20(11-14-13-28-18-7-5-4-6-16(14)18)30-26(22(21)24(31)33)17-12-15(27)8-9-19(17)29-25(26)34/h4-9,12-13,20-22,28,30H,2-3,10-11H2,1H3,(H,29,34)/t20-,21+,22-,26-/m0/s1. The fourth-order valence-electron chi connectivity index (χ4n) is 6.08. The first-order chi connectivity index (χ1) is 16.5. The van der Waals surface area contributed by atoms with Gasteiger partial charge in [0.05, 0.1) is 11.8 Å². The van der Waals surface area contributed by atoms with E-state index in [1.807, 2.05) is 37.4 Å². The minimum Gasteiger partial charge on any atom is -0.361 e. The maximum absolute atomic E-state index is 14.3. The van der Waals surface area contributed by atoms with Crippen LogP contribution < -0.4 is 10.6 Å². The number of para-hydroxylation sites is 1. The molecule has 4 heterocycles. The highest BCUT2D eigenvalue weighted by Gasteiger charge is 2.70. The Morgan fingerprint density at radius 1 is 1.09 bits per heavy atom. The van der Waals surface area contributed by atoms with Crippen molar-refractivity contribution < 1.29 is 18.8 Å². The van der Waals surface area contributed by atoms with E-state index in [9.17, 15) is 18.8 Å². The highest BCUT2D eigenvalue weighted by atomic mass is 19.1. The largest absolute Gasteiger partial charge is 0.361 e. The number of hydrogen-bond acceptors (Lipinski definition) is 4. The summed E-state index contributed by atoms with van der Waals surface area (Å²) in [5, 5.41) is 7.23. The molecule has 8 heteroatoms. The molecular formula is C26H25FN4O3. The molecule has 0 bridgehead atoms. The molecule has 0 aliphatic carbocycles. The van der Waals surface area contributed by atoms with Crippen LogP contribution in [0.4, 0.5) is 10.1 Å². The van der Waals surface area contributed by atoms with Gasteiger partial charge in [-0.25, -0.2) is 4.39 Å². The van der Waals surface area contributed by atoms with Crippen molar-refractivity contribution in [3.05, 3.63) is 65.6 Å². The molecule has 7 nitrogen and oxygen atoms in total. The molecule has 34 heavy (non-hydrogen) atoms. The van der Waals surface area contributed by atoms with Gasteiger partial charge in [-0.15, -0.1) is 0 Å². The third-order valence-corrected chi connectivity index (χ3v) is 7.62. The quantitative estimate of drug-likeness (QED) is 0.510. The number of aromatic nitrogens is 1. The fraction of sp³-hybridized carbons (Fsp3) is 0.346. The normalized spacial score (nSPS) is 27.6. The summed E-state index contributed by atoms with van der Waals surface area (Å²) in [6.45, 7) is 2.33. The lowest BCUT2D eigenvalue weighted by Gasteiger charge is -2.29. The summed E-state index contributed by atoms with van der Waals surface area (Å²) in [6, 6.07) is 11.5.